The SMILES string of the molecule is O=CN(O)[C@H](CCCc1ncccn1)CS(=O)(=O)N1CCN(c2ccc(F)cc2)CC1. The van der Waals surface area contributed by atoms with Gasteiger partial charge < -0.3 is 4.90 Å². The Morgan fingerprint density at radius 1 is 1.13 bits per heavy atom. The van der Waals surface area contributed by atoms with E-state index in [1.165, 1.54) is 16.4 Å². The zero-order valence-electron chi connectivity index (χ0n) is 17.0. The summed E-state index contributed by atoms with van der Waals surface area (Å²) in [6, 6.07) is 6.93. The van der Waals surface area contributed by atoms with E-state index in [9.17, 15) is 22.8 Å². The van der Waals surface area contributed by atoms with E-state index in [2.05, 4.69) is 9.97 Å². The van der Waals surface area contributed by atoms with E-state index >= 15 is 0 Å². The minimum Gasteiger partial charge on any atom is -0.369 e. The van der Waals surface area contributed by atoms with E-state index in [1.54, 1.807) is 30.6 Å². The van der Waals surface area contributed by atoms with Gasteiger partial charge in [-0.15, -0.1) is 0 Å². The molecule has 0 saturated carbocycles. The molecule has 2 aromatic rings. The number of benzene rings is 1. The molecule has 168 valence electrons. The lowest BCUT2D eigenvalue weighted by atomic mass is 10.1. The number of aryl methyl sites for hydroxylation is 1. The van der Waals surface area contributed by atoms with Crippen molar-refractivity contribution < 1.29 is 22.8 Å². The molecule has 9 nitrogen and oxygen atoms in total. The maximum Gasteiger partial charge on any atom is 0.233 e. The fourth-order valence-corrected chi connectivity index (χ4v) is 5.29. The molecule has 1 aromatic heterocycles. The zero-order chi connectivity index (χ0) is 22.3. The van der Waals surface area contributed by atoms with Crippen molar-refractivity contribution >= 4 is 22.1 Å². The van der Waals surface area contributed by atoms with Crippen LogP contribution in [0.3, 0.4) is 0 Å². The van der Waals surface area contributed by atoms with Gasteiger partial charge in [0.15, 0.2) is 0 Å². The van der Waals surface area contributed by atoms with Crippen molar-refractivity contribution in [3.8, 4) is 0 Å². The van der Waals surface area contributed by atoms with Crippen LogP contribution in [-0.4, -0.2) is 77.3 Å². The van der Waals surface area contributed by atoms with E-state index in [0.29, 0.717) is 43.2 Å². The maximum absolute atomic E-state index is 13.1. The van der Waals surface area contributed by atoms with Crippen LogP contribution in [0.4, 0.5) is 10.1 Å². The van der Waals surface area contributed by atoms with Gasteiger partial charge in [0.1, 0.15) is 11.6 Å². The quantitative estimate of drug-likeness (QED) is 0.330. The monoisotopic (exact) mass is 451 g/mol. The van der Waals surface area contributed by atoms with Gasteiger partial charge in [0.2, 0.25) is 16.4 Å². The normalized spacial score (nSPS) is 16.1. The summed E-state index contributed by atoms with van der Waals surface area (Å²) in [6.07, 6.45) is 4.81. The summed E-state index contributed by atoms with van der Waals surface area (Å²) < 4.78 is 40.3. The molecule has 0 radical (unpaired) electrons. The van der Waals surface area contributed by atoms with E-state index < -0.39 is 16.1 Å². The highest BCUT2D eigenvalue weighted by molar-refractivity contribution is 7.89. The first kappa shape index (κ1) is 23.0. The van der Waals surface area contributed by atoms with Gasteiger partial charge in [-0.2, -0.15) is 4.31 Å². The number of nitrogens with zero attached hydrogens (tertiary/aromatic N) is 5. The highest BCUT2D eigenvalue weighted by Crippen LogP contribution is 2.19. The standard InChI is InChI=1S/C20H26FN5O4S/c21-17-5-7-18(8-6-17)24-11-13-25(14-12-24)31(29,30)15-19(26(28)16-27)3-1-4-20-22-9-2-10-23-20/h2,5-10,16,19,28H,1,3-4,11-15H2/t19-/m1/s1. The van der Waals surface area contributed by atoms with Crippen molar-refractivity contribution in [2.75, 3.05) is 36.8 Å². The molecule has 1 saturated heterocycles. The van der Waals surface area contributed by atoms with E-state index in [1.807, 2.05) is 4.90 Å². The highest BCUT2D eigenvalue weighted by atomic mass is 32.2. The Morgan fingerprint density at radius 3 is 2.39 bits per heavy atom. The Bertz CT molecular complexity index is 938. The molecule has 1 atom stereocenters. The number of hydrogen-bond acceptors (Lipinski definition) is 7. The third-order valence-electron chi connectivity index (χ3n) is 5.27. The van der Waals surface area contributed by atoms with E-state index in [0.717, 1.165) is 5.69 Å². The molecular formula is C20H26FN5O4S. The van der Waals surface area contributed by atoms with Crippen LogP contribution in [-0.2, 0) is 21.2 Å². The molecule has 3 rings (SSSR count). The smallest absolute Gasteiger partial charge is 0.233 e. The molecule has 0 bridgehead atoms. The van der Waals surface area contributed by atoms with E-state index in [-0.39, 0.29) is 31.1 Å². The van der Waals surface area contributed by atoms with Gasteiger partial charge in [-0.1, -0.05) is 0 Å². The maximum atomic E-state index is 13.1. The van der Waals surface area contributed by atoms with Crippen LogP contribution in [0.25, 0.3) is 0 Å². The van der Waals surface area contributed by atoms with Crippen molar-refractivity contribution in [2.24, 2.45) is 0 Å². The largest absolute Gasteiger partial charge is 0.369 e. The third kappa shape index (κ3) is 6.42. The van der Waals surface area contributed by atoms with Gasteiger partial charge in [-0.3, -0.25) is 10.0 Å². The van der Waals surface area contributed by atoms with Crippen molar-refractivity contribution in [3.63, 3.8) is 0 Å². The number of carbonyl (C=O) groups is 1. The Labute approximate surface area is 181 Å². The summed E-state index contributed by atoms with van der Waals surface area (Å²) in [6.45, 7) is 1.49. The number of hydroxylamine groups is 2. The Balaban J connectivity index is 1.56. The van der Waals surface area contributed by atoms with Gasteiger partial charge in [0.05, 0.1) is 11.8 Å². The summed E-state index contributed by atoms with van der Waals surface area (Å²) in [7, 11) is -3.69. The van der Waals surface area contributed by atoms with E-state index in [4.69, 9.17) is 0 Å². The van der Waals surface area contributed by atoms with Crippen LogP contribution < -0.4 is 4.90 Å². The Morgan fingerprint density at radius 2 is 1.77 bits per heavy atom. The topological polar surface area (TPSA) is 107 Å². The second-order valence-electron chi connectivity index (χ2n) is 7.34. The number of sulfonamides is 1. The molecule has 1 amide bonds. The minimum absolute atomic E-state index is 0.228. The number of rotatable bonds is 10. The Kier molecular flexibility index (Phi) is 7.88. The number of amides is 1. The molecule has 11 heteroatoms. The van der Waals surface area contributed by atoms with Crippen LogP contribution in [0.2, 0.25) is 0 Å². The predicted molar refractivity (Wildman–Crippen MR) is 112 cm³/mol. The van der Waals surface area contributed by atoms with Crippen LogP contribution in [0.5, 0.6) is 0 Å². The Hall–Kier alpha value is -2.63. The molecule has 0 aliphatic carbocycles. The number of halogens is 1. The van der Waals surface area contributed by atoms with Gasteiger partial charge in [-0.25, -0.2) is 27.8 Å². The molecular weight excluding hydrogens is 425 g/mol. The number of piperazine rings is 1. The van der Waals surface area contributed by atoms with Crippen molar-refractivity contribution in [2.45, 2.75) is 25.3 Å². The molecule has 1 aliphatic heterocycles. The molecule has 1 aliphatic rings. The molecule has 1 fully saturated rings. The number of carbonyl (C=O) groups excluding carboxylic acids is 1. The van der Waals surface area contributed by atoms with Gasteiger partial charge in [0, 0.05) is 50.7 Å². The molecule has 1 N–H and O–H groups in total. The van der Waals surface area contributed by atoms with Crippen LogP contribution in [0, 0.1) is 5.82 Å². The van der Waals surface area contributed by atoms with Gasteiger partial charge in [-0.05, 0) is 43.2 Å². The second kappa shape index (κ2) is 10.6. The summed E-state index contributed by atoms with van der Waals surface area (Å²) >= 11 is 0. The fourth-order valence-electron chi connectivity index (χ4n) is 3.56. The average Bonchev–Trinajstić information content (AvgIpc) is 2.79. The molecule has 0 unspecified atom stereocenters. The first-order chi connectivity index (χ1) is 14.9. The third-order valence-corrected chi connectivity index (χ3v) is 7.22. The van der Waals surface area contributed by atoms with Crippen molar-refractivity contribution in [3.05, 3.63) is 54.4 Å². The summed E-state index contributed by atoms with van der Waals surface area (Å²) in [5, 5.41) is 10.3. The fraction of sp³-hybridized carbons (Fsp3) is 0.450. The number of aromatic nitrogens is 2. The van der Waals surface area contributed by atoms with Crippen molar-refractivity contribution in [1.29, 1.82) is 0 Å². The van der Waals surface area contributed by atoms with Crippen LogP contribution in [0.1, 0.15) is 18.7 Å². The molecule has 0 spiro atoms. The van der Waals surface area contributed by atoms with Crippen LogP contribution in [0.15, 0.2) is 42.7 Å². The first-order valence-electron chi connectivity index (χ1n) is 10.1. The number of anilines is 1. The highest BCUT2D eigenvalue weighted by Gasteiger charge is 2.31. The lowest BCUT2D eigenvalue weighted by Gasteiger charge is -2.36. The first-order valence-corrected chi connectivity index (χ1v) is 11.7. The van der Waals surface area contributed by atoms with Gasteiger partial charge >= 0.3 is 0 Å². The molecule has 2 heterocycles. The lowest BCUT2D eigenvalue weighted by Crippen LogP contribution is -2.51. The van der Waals surface area contributed by atoms with Gasteiger partial charge in [0.25, 0.3) is 0 Å². The lowest BCUT2D eigenvalue weighted by molar-refractivity contribution is -0.158. The summed E-state index contributed by atoms with van der Waals surface area (Å²) in [5.74, 6) is -0.0655. The molecule has 1 aromatic carbocycles. The predicted octanol–water partition coefficient (Wildman–Crippen LogP) is 1.31. The average molecular weight is 452 g/mol. The zero-order valence-corrected chi connectivity index (χ0v) is 17.9. The second-order valence-corrected chi connectivity index (χ2v) is 9.35. The van der Waals surface area contributed by atoms with Crippen LogP contribution >= 0.6 is 0 Å². The summed E-state index contributed by atoms with van der Waals surface area (Å²) in [4.78, 5) is 21.3. The summed E-state index contributed by atoms with van der Waals surface area (Å²) in [5.41, 5.74) is 0.835. The van der Waals surface area contributed by atoms with Crippen molar-refractivity contribution in [1.82, 2.24) is 19.3 Å². The minimum atomic E-state index is -3.69. The molecule has 31 heavy (non-hydrogen) atoms. The number of hydrogen-bond donors (Lipinski definition) is 1.